The Labute approximate surface area is 159 Å². The molecule has 0 heterocycles. The number of hydrogen-bond acceptors (Lipinski definition) is 3. The van der Waals surface area contributed by atoms with Crippen LogP contribution in [0, 0.1) is 5.82 Å². The van der Waals surface area contributed by atoms with Crippen molar-refractivity contribution in [3.05, 3.63) is 66.0 Å². The second-order valence-corrected chi connectivity index (χ2v) is 5.69. The Hall–Kier alpha value is -3.39. The van der Waals surface area contributed by atoms with E-state index in [2.05, 4.69) is 27.8 Å². The smallest absolute Gasteiger partial charge is 0.319 e. The van der Waals surface area contributed by atoms with E-state index in [-0.39, 0.29) is 17.9 Å². The summed E-state index contributed by atoms with van der Waals surface area (Å²) in [4.78, 5) is 35.0. The van der Waals surface area contributed by atoms with Gasteiger partial charge >= 0.3 is 6.03 Å². The predicted octanol–water partition coefficient (Wildman–Crippen LogP) is 3.36. The van der Waals surface area contributed by atoms with E-state index < -0.39 is 23.7 Å². The largest absolute Gasteiger partial charge is 0.329 e. The van der Waals surface area contributed by atoms with Crippen molar-refractivity contribution < 1.29 is 18.8 Å². The molecule has 0 saturated heterocycles. The van der Waals surface area contributed by atoms with Crippen LogP contribution in [0.25, 0.3) is 0 Å². The Morgan fingerprint density at radius 3 is 2.48 bits per heavy atom. The summed E-state index contributed by atoms with van der Waals surface area (Å²) >= 11 is 5.82. The topological polar surface area (TPSA) is 99.3 Å². The minimum absolute atomic E-state index is 0.107. The minimum Gasteiger partial charge on any atom is -0.329 e. The average Bonchev–Trinajstić information content (AvgIpc) is 2.62. The van der Waals surface area contributed by atoms with Gasteiger partial charge in [-0.2, -0.15) is 0 Å². The Morgan fingerprint density at radius 2 is 1.78 bits per heavy atom. The molecule has 0 atom stereocenters. The Morgan fingerprint density at radius 1 is 1.04 bits per heavy atom. The minimum atomic E-state index is -0.665. The van der Waals surface area contributed by atoms with Gasteiger partial charge in [-0.15, -0.1) is 0 Å². The summed E-state index contributed by atoms with van der Waals surface area (Å²) < 4.78 is 13.7. The molecule has 0 aliphatic carbocycles. The number of benzene rings is 2. The average molecular weight is 391 g/mol. The molecular formula is C18H16ClFN4O3. The van der Waals surface area contributed by atoms with E-state index >= 15 is 0 Å². The fourth-order valence-electron chi connectivity index (χ4n) is 1.99. The van der Waals surface area contributed by atoms with Crippen LogP contribution < -0.4 is 21.3 Å². The number of amides is 4. The first-order valence-electron chi connectivity index (χ1n) is 7.70. The molecule has 140 valence electrons. The molecule has 4 N–H and O–H groups in total. The Balaban J connectivity index is 1.88. The summed E-state index contributed by atoms with van der Waals surface area (Å²) in [5.74, 6) is -1.79. The van der Waals surface area contributed by atoms with Gasteiger partial charge in [0.25, 0.3) is 0 Å². The zero-order chi connectivity index (χ0) is 19.8. The predicted molar refractivity (Wildman–Crippen MR) is 102 cm³/mol. The molecule has 0 unspecified atom stereocenters. The molecule has 2 aromatic carbocycles. The molecule has 0 spiro atoms. The molecular weight excluding hydrogens is 375 g/mol. The summed E-state index contributed by atoms with van der Waals surface area (Å²) in [6, 6.07) is 9.60. The van der Waals surface area contributed by atoms with E-state index in [1.54, 1.807) is 24.3 Å². The maximum Gasteiger partial charge on any atom is 0.319 e. The fourth-order valence-corrected chi connectivity index (χ4v) is 2.18. The van der Waals surface area contributed by atoms with Gasteiger partial charge in [0, 0.05) is 16.4 Å². The van der Waals surface area contributed by atoms with Crippen molar-refractivity contribution >= 4 is 46.5 Å². The first kappa shape index (κ1) is 19.9. The molecule has 2 rings (SSSR count). The monoisotopic (exact) mass is 390 g/mol. The maximum absolute atomic E-state index is 13.7. The third-order valence-electron chi connectivity index (χ3n) is 3.19. The summed E-state index contributed by atoms with van der Waals surface area (Å²) in [6.07, 6.45) is 0.993. The molecule has 0 fully saturated rings. The number of nitrogens with one attached hydrogen (secondary N) is 4. The van der Waals surface area contributed by atoms with E-state index in [0.717, 1.165) is 12.1 Å². The molecule has 9 heteroatoms. The van der Waals surface area contributed by atoms with Gasteiger partial charge in [-0.25, -0.2) is 9.18 Å². The molecule has 0 aromatic heterocycles. The second kappa shape index (κ2) is 9.35. The van der Waals surface area contributed by atoms with E-state index in [9.17, 15) is 18.8 Å². The molecule has 27 heavy (non-hydrogen) atoms. The van der Waals surface area contributed by atoms with Crippen LogP contribution in [0.1, 0.15) is 0 Å². The quantitative estimate of drug-likeness (QED) is 0.569. The van der Waals surface area contributed by atoms with E-state index in [1.807, 2.05) is 0 Å². The zero-order valence-electron chi connectivity index (χ0n) is 14.0. The van der Waals surface area contributed by atoms with Gasteiger partial charge in [-0.05, 0) is 42.5 Å². The second-order valence-electron chi connectivity index (χ2n) is 5.25. The van der Waals surface area contributed by atoms with Crippen molar-refractivity contribution in [3.8, 4) is 0 Å². The summed E-state index contributed by atoms with van der Waals surface area (Å²) in [6.45, 7) is 2.95. The van der Waals surface area contributed by atoms with Gasteiger partial charge in [0.15, 0.2) is 0 Å². The van der Waals surface area contributed by atoms with Crippen LogP contribution in [0.4, 0.5) is 26.2 Å². The first-order valence-corrected chi connectivity index (χ1v) is 8.08. The highest BCUT2D eigenvalue weighted by molar-refractivity contribution is 6.30. The van der Waals surface area contributed by atoms with E-state index in [4.69, 9.17) is 11.6 Å². The van der Waals surface area contributed by atoms with Crippen LogP contribution in [0.15, 0.2) is 55.1 Å². The van der Waals surface area contributed by atoms with Crippen molar-refractivity contribution in [2.75, 3.05) is 22.5 Å². The van der Waals surface area contributed by atoms with Gasteiger partial charge in [0.1, 0.15) is 5.82 Å². The molecule has 0 aliphatic rings. The van der Waals surface area contributed by atoms with Gasteiger partial charge in [-0.3, -0.25) is 9.59 Å². The Bertz CT molecular complexity index is 889. The third-order valence-corrected chi connectivity index (χ3v) is 3.42. The standard InChI is InChI=1S/C18H16ClFN4O3/c1-2-16(25)24-15-9-13(6-7-14(15)20)22-17(26)10-21-18(27)23-12-5-3-4-11(19)8-12/h2-9H,1,10H2,(H,22,26)(H,24,25)(H2,21,23,27). The van der Waals surface area contributed by atoms with Crippen LogP contribution in [0.5, 0.6) is 0 Å². The fraction of sp³-hybridized carbons (Fsp3) is 0.0556. The lowest BCUT2D eigenvalue weighted by molar-refractivity contribution is -0.115. The van der Waals surface area contributed by atoms with Crippen molar-refractivity contribution in [2.24, 2.45) is 0 Å². The van der Waals surface area contributed by atoms with Crippen LogP contribution in [0.2, 0.25) is 5.02 Å². The highest BCUT2D eigenvalue weighted by Gasteiger charge is 2.10. The van der Waals surface area contributed by atoms with E-state index in [0.29, 0.717) is 10.7 Å². The van der Waals surface area contributed by atoms with Crippen LogP contribution in [-0.2, 0) is 9.59 Å². The van der Waals surface area contributed by atoms with Crippen LogP contribution in [-0.4, -0.2) is 24.4 Å². The van der Waals surface area contributed by atoms with E-state index in [1.165, 1.54) is 12.1 Å². The Kier molecular flexibility index (Phi) is 6.90. The molecule has 0 bridgehead atoms. The van der Waals surface area contributed by atoms with Gasteiger partial charge in [-0.1, -0.05) is 24.2 Å². The zero-order valence-corrected chi connectivity index (χ0v) is 14.8. The number of carbonyl (C=O) groups is 3. The lowest BCUT2D eigenvalue weighted by Gasteiger charge is -2.10. The number of rotatable bonds is 6. The maximum atomic E-state index is 13.7. The lowest BCUT2D eigenvalue weighted by atomic mass is 10.2. The first-order chi connectivity index (χ1) is 12.9. The third kappa shape index (κ3) is 6.44. The number of hydrogen-bond donors (Lipinski definition) is 4. The van der Waals surface area contributed by atoms with Gasteiger partial charge in [0.05, 0.1) is 12.2 Å². The highest BCUT2D eigenvalue weighted by atomic mass is 35.5. The van der Waals surface area contributed by atoms with Crippen molar-refractivity contribution in [1.82, 2.24) is 5.32 Å². The number of halogens is 2. The molecule has 0 saturated carbocycles. The summed E-state index contributed by atoms with van der Waals surface area (Å²) in [5.41, 5.74) is 0.615. The number of urea groups is 1. The molecule has 7 nitrogen and oxygen atoms in total. The SMILES string of the molecule is C=CC(=O)Nc1cc(NC(=O)CNC(=O)Nc2cccc(Cl)c2)ccc1F. The highest BCUT2D eigenvalue weighted by Crippen LogP contribution is 2.19. The van der Waals surface area contributed by atoms with Gasteiger partial charge < -0.3 is 21.3 Å². The van der Waals surface area contributed by atoms with Crippen molar-refractivity contribution in [1.29, 1.82) is 0 Å². The van der Waals surface area contributed by atoms with Gasteiger partial charge in [0.2, 0.25) is 11.8 Å². The lowest BCUT2D eigenvalue weighted by Crippen LogP contribution is -2.35. The summed E-state index contributed by atoms with van der Waals surface area (Å²) in [7, 11) is 0. The van der Waals surface area contributed by atoms with Crippen LogP contribution >= 0.6 is 11.6 Å². The molecule has 4 amide bonds. The molecule has 0 aliphatic heterocycles. The number of carbonyl (C=O) groups excluding carboxylic acids is 3. The molecule has 2 aromatic rings. The van der Waals surface area contributed by atoms with Crippen molar-refractivity contribution in [3.63, 3.8) is 0 Å². The number of anilines is 3. The van der Waals surface area contributed by atoms with Crippen molar-refractivity contribution in [2.45, 2.75) is 0 Å². The molecule has 0 radical (unpaired) electrons. The van der Waals surface area contributed by atoms with Crippen LogP contribution in [0.3, 0.4) is 0 Å². The summed E-state index contributed by atoms with van der Waals surface area (Å²) in [5, 5.41) is 10.1. The normalized spacial score (nSPS) is 9.85.